The SMILES string of the molecule is CC(C)C(=O)OC(C)C(=O)OC(C)C(=O)C(C)(C)C. The molecule has 0 rings (SSSR count). The first-order chi connectivity index (χ1) is 8.46. The molecule has 110 valence electrons. The maximum absolute atomic E-state index is 11.9. The van der Waals surface area contributed by atoms with Gasteiger partial charge in [0, 0.05) is 5.41 Å². The van der Waals surface area contributed by atoms with Crippen LogP contribution < -0.4 is 0 Å². The third-order valence-corrected chi connectivity index (χ3v) is 2.50. The van der Waals surface area contributed by atoms with Crippen LogP contribution in [0.25, 0.3) is 0 Å². The topological polar surface area (TPSA) is 69.7 Å². The first kappa shape index (κ1) is 17.6. The lowest BCUT2D eigenvalue weighted by atomic mass is 9.88. The van der Waals surface area contributed by atoms with Gasteiger partial charge in [-0.15, -0.1) is 0 Å². The summed E-state index contributed by atoms with van der Waals surface area (Å²) in [5.74, 6) is -1.68. The van der Waals surface area contributed by atoms with Gasteiger partial charge in [-0.05, 0) is 13.8 Å². The molecule has 0 fully saturated rings. The number of ether oxygens (including phenoxy) is 2. The summed E-state index contributed by atoms with van der Waals surface area (Å²) in [6.07, 6.45) is -1.86. The standard InChI is InChI=1S/C14H24O5/c1-8(2)12(16)19-10(4)13(17)18-9(3)11(15)14(5,6)7/h8-10H,1-7H3. The molecule has 0 spiro atoms. The highest BCUT2D eigenvalue weighted by molar-refractivity contribution is 5.90. The summed E-state index contributed by atoms with van der Waals surface area (Å²) in [6.45, 7) is 11.5. The van der Waals surface area contributed by atoms with Gasteiger partial charge in [0.05, 0.1) is 5.92 Å². The van der Waals surface area contributed by atoms with Gasteiger partial charge in [0.2, 0.25) is 0 Å². The van der Waals surface area contributed by atoms with Gasteiger partial charge in [0.15, 0.2) is 18.0 Å². The summed E-state index contributed by atoms with van der Waals surface area (Å²) in [5, 5.41) is 0. The van der Waals surface area contributed by atoms with Crippen LogP contribution in [0.1, 0.15) is 48.5 Å². The lowest BCUT2D eigenvalue weighted by molar-refractivity contribution is -0.173. The van der Waals surface area contributed by atoms with Gasteiger partial charge in [-0.2, -0.15) is 0 Å². The Morgan fingerprint density at radius 2 is 1.21 bits per heavy atom. The van der Waals surface area contributed by atoms with Gasteiger partial charge in [-0.3, -0.25) is 9.59 Å². The van der Waals surface area contributed by atoms with Crippen LogP contribution in [0.3, 0.4) is 0 Å². The van der Waals surface area contributed by atoms with E-state index in [1.165, 1.54) is 13.8 Å². The van der Waals surface area contributed by atoms with Crippen LogP contribution in [0, 0.1) is 11.3 Å². The Labute approximate surface area is 114 Å². The molecule has 0 aromatic rings. The quantitative estimate of drug-likeness (QED) is 0.717. The number of carbonyl (C=O) groups is 3. The van der Waals surface area contributed by atoms with Gasteiger partial charge in [0.1, 0.15) is 0 Å². The van der Waals surface area contributed by atoms with Crippen molar-refractivity contribution in [3.8, 4) is 0 Å². The number of rotatable bonds is 5. The van der Waals surface area contributed by atoms with Crippen molar-refractivity contribution in [2.45, 2.75) is 60.7 Å². The normalized spacial score (nSPS) is 14.7. The maximum Gasteiger partial charge on any atom is 0.347 e. The highest BCUT2D eigenvalue weighted by atomic mass is 16.6. The summed E-state index contributed by atoms with van der Waals surface area (Å²) in [5.41, 5.74) is -0.586. The Hall–Kier alpha value is -1.39. The summed E-state index contributed by atoms with van der Waals surface area (Å²) < 4.78 is 9.93. The number of hydrogen-bond acceptors (Lipinski definition) is 5. The Kier molecular flexibility index (Phi) is 6.19. The predicted molar refractivity (Wildman–Crippen MR) is 70.4 cm³/mol. The van der Waals surface area contributed by atoms with Crippen molar-refractivity contribution >= 4 is 17.7 Å². The van der Waals surface area contributed by atoms with Gasteiger partial charge >= 0.3 is 11.9 Å². The van der Waals surface area contributed by atoms with E-state index in [4.69, 9.17) is 9.47 Å². The second-order valence-electron chi connectivity index (χ2n) is 5.93. The highest BCUT2D eigenvalue weighted by Crippen LogP contribution is 2.18. The molecule has 0 amide bonds. The van der Waals surface area contributed by atoms with E-state index in [-0.39, 0.29) is 11.7 Å². The molecule has 0 bridgehead atoms. The van der Waals surface area contributed by atoms with E-state index in [2.05, 4.69) is 0 Å². The molecular weight excluding hydrogens is 248 g/mol. The van der Waals surface area contributed by atoms with Crippen LogP contribution in [0.5, 0.6) is 0 Å². The molecule has 0 aliphatic carbocycles. The van der Waals surface area contributed by atoms with Crippen molar-refractivity contribution in [1.29, 1.82) is 0 Å². The van der Waals surface area contributed by atoms with Crippen LogP contribution >= 0.6 is 0 Å². The fourth-order valence-electron chi connectivity index (χ4n) is 1.29. The summed E-state index contributed by atoms with van der Waals surface area (Å²) in [7, 11) is 0. The molecule has 0 N–H and O–H groups in total. The van der Waals surface area contributed by atoms with Crippen molar-refractivity contribution in [3.05, 3.63) is 0 Å². The minimum Gasteiger partial charge on any atom is -0.452 e. The molecule has 19 heavy (non-hydrogen) atoms. The van der Waals surface area contributed by atoms with Crippen molar-refractivity contribution < 1.29 is 23.9 Å². The van der Waals surface area contributed by atoms with Crippen LogP contribution in [0.2, 0.25) is 0 Å². The second-order valence-corrected chi connectivity index (χ2v) is 5.93. The molecule has 2 atom stereocenters. The first-order valence-corrected chi connectivity index (χ1v) is 6.42. The fraction of sp³-hybridized carbons (Fsp3) is 0.786. The van der Waals surface area contributed by atoms with E-state index in [0.29, 0.717) is 0 Å². The van der Waals surface area contributed by atoms with Crippen LogP contribution in [0.4, 0.5) is 0 Å². The minimum absolute atomic E-state index is 0.178. The third kappa shape index (κ3) is 5.85. The average molecular weight is 272 g/mol. The molecule has 0 aromatic carbocycles. The fourth-order valence-corrected chi connectivity index (χ4v) is 1.29. The molecule has 5 heteroatoms. The van der Waals surface area contributed by atoms with Crippen LogP contribution in [0.15, 0.2) is 0 Å². The molecule has 0 saturated heterocycles. The van der Waals surface area contributed by atoms with E-state index in [9.17, 15) is 14.4 Å². The number of esters is 2. The van der Waals surface area contributed by atoms with Crippen LogP contribution in [-0.2, 0) is 23.9 Å². The lowest BCUT2D eigenvalue weighted by Gasteiger charge is -2.23. The molecule has 2 unspecified atom stereocenters. The maximum atomic E-state index is 11.9. The monoisotopic (exact) mass is 272 g/mol. The summed E-state index contributed by atoms with van der Waals surface area (Å²) in [4.78, 5) is 34.9. The smallest absolute Gasteiger partial charge is 0.347 e. The average Bonchev–Trinajstić information content (AvgIpc) is 2.25. The van der Waals surface area contributed by atoms with Crippen molar-refractivity contribution in [1.82, 2.24) is 0 Å². The van der Waals surface area contributed by atoms with E-state index in [1.54, 1.807) is 34.6 Å². The summed E-state index contributed by atoms with van der Waals surface area (Å²) >= 11 is 0. The number of Topliss-reactive ketones (excluding diaryl/α,β-unsaturated/α-hetero) is 1. The van der Waals surface area contributed by atoms with E-state index < -0.39 is 29.6 Å². The molecule has 0 aromatic heterocycles. The van der Waals surface area contributed by atoms with Gasteiger partial charge < -0.3 is 9.47 Å². The van der Waals surface area contributed by atoms with Crippen molar-refractivity contribution in [2.75, 3.05) is 0 Å². The zero-order valence-corrected chi connectivity index (χ0v) is 12.8. The van der Waals surface area contributed by atoms with Gasteiger partial charge in [-0.25, -0.2) is 4.79 Å². The van der Waals surface area contributed by atoms with Crippen LogP contribution in [-0.4, -0.2) is 29.9 Å². The highest BCUT2D eigenvalue weighted by Gasteiger charge is 2.31. The molecule has 5 nitrogen and oxygen atoms in total. The van der Waals surface area contributed by atoms with E-state index in [1.807, 2.05) is 0 Å². The third-order valence-electron chi connectivity index (χ3n) is 2.50. The first-order valence-electron chi connectivity index (χ1n) is 6.42. The van der Waals surface area contributed by atoms with Crippen molar-refractivity contribution in [2.24, 2.45) is 11.3 Å². The molecule has 0 aliphatic heterocycles. The molecule has 0 radical (unpaired) electrons. The molecule has 0 heterocycles. The van der Waals surface area contributed by atoms with Gasteiger partial charge in [-0.1, -0.05) is 34.6 Å². The lowest BCUT2D eigenvalue weighted by Crippen LogP contribution is -2.37. The second kappa shape index (κ2) is 6.68. The molecular formula is C14H24O5. The number of hydrogen-bond donors (Lipinski definition) is 0. The Morgan fingerprint density at radius 3 is 1.58 bits per heavy atom. The Balaban J connectivity index is 4.46. The van der Waals surface area contributed by atoms with E-state index >= 15 is 0 Å². The van der Waals surface area contributed by atoms with E-state index in [0.717, 1.165) is 0 Å². The number of ketones is 1. The van der Waals surface area contributed by atoms with Gasteiger partial charge in [0.25, 0.3) is 0 Å². The zero-order valence-electron chi connectivity index (χ0n) is 12.8. The zero-order chi connectivity index (χ0) is 15.4. The van der Waals surface area contributed by atoms with Crippen molar-refractivity contribution in [3.63, 3.8) is 0 Å². The summed E-state index contributed by atoms with van der Waals surface area (Å²) in [6, 6.07) is 0. The Morgan fingerprint density at radius 1 is 0.789 bits per heavy atom. The number of carbonyl (C=O) groups excluding carboxylic acids is 3. The predicted octanol–water partition coefficient (Wildman–Crippen LogP) is 2.12. The Bertz CT molecular complexity index is 351. The minimum atomic E-state index is -1.01. The largest absolute Gasteiger partial charge is 0.452 e. The molecule has 0 aliphatic rings. The molecule has 0 saturated carbocycles.